The van der Waals surface area contributed by atoms with Crippen LogP contribution in [0.3, 0.4) is 0 Å². The van der Waals surface area contributed by atoms with Gasteiger partial charge in [0.2, 0.25) is 0 Å². The lowest BCUT2D eigenvalue weighted by Gasteiger charge is -2.32. The van der Waals surface area contributed by atoms with Crippen molar-refractivity contribution < 1.29 is 13.9 Å². The summed E-state index contributed by atoms with van der Waals surface area (Å²) in [5, 5.41) is 13.7. The van der Waals surface area contributed by atoms with Crippen molar-refractivity contribution in [2.75, 3.05) is 14.2 Å². The van der Waals surface area contributed by atoms with Crippen LogP contribution in [0.2, 0.25) is 0 Å². The number of aromatic nitrogens is 5. The molecule has 0 saturated heterocycles. The molecular weight excluding hydrogens is 496 g/mol. The first kappa shape index (κ1) is 26.2. The third-order valence-corrected chi connectivity index (χ3v) is 6.57. The van der Waals surface area contributed by atoms with E-state index >= 15 is 0 Å². The number of ether oxygens (including phenoxy) is 2. The standard InChI is InChI=1S/C29H32N6O4/c1-29(2,3)35-27(31-32-33-35)26(24-16-20-15-22(38-5)11-12-25(20)30-28(24)36)34(18-23-10-7-13-39-23)17-19-8-6-9-21(14-19)37-4/h6-16,26H,17-18H2,1-5H3,(H,30,36)/t26-/m1/s1. The Morgan fingerprint density at radius 1 is 1.00 bits per heavy atom. The van der Waals surface area contributed by atoms with Gasteiger partial charge in [-0.15, -0.1) is 5.10 Å². The average Bonchev–Trinajstić information content (AvgIpc) is 3.61. The molecule has 5 aromatic rings. The summed E-state index contributed by atoms with van der Waals surface area (Å²) < 4.78 is 18.4. The van der Waals surface area contributed by atoms with Crippen LogP contribution in [-0.4, -0.2) is 44.3 Å². The summed E-state index contributed by atoms with van der Waals surface area (Å²) in [6.07, 6.45) is 1.64. The van der Waals surface area contributed by atoms with Crippen molar-refractivity contribution in [2.24, 2.45) is 0 Å². The number of fused-ring (bicyclic) bond motifs is 1. The summed E-state index contributed by atoms with van der Waals surface area (Å²) in [7, 11) is 3.26. The molecule has 39 heavy (non-hydrogen) atoms. The van der Waals surface area contributed by atoms with Gasteiger partial charge in [0.1, 0.15) is 23.3 Å². The predicted molar refractivity (Wildman–Crippen MR) is 147 cm³/mol. The van der Waals surface area contributed by atoms with Crippen molar-refractivity contribution in [1.82, 2.24) is 30.1 Å². The van der Waals surface area contributed by atoms with Crippen LogP contribution in [0.4, 0.5) is 0 Å². The van der Waals surface area contributed by atoms with E-state index in [0.29, 0.717) is 35.7 Å². The lowest BCUT2D eigenvalue weighted by molar-refractivity contribution is 0.171. The maximum Gasteiger partial charge on any atom is 0.253 e. The number of aromatic amines is 1. The molecule has 3 heterocycles. The molecular formula is C29H32N6O4. The monoisotopic (exact) mass is 528 g/mol. The third-order valence-electron chi connectivity index (χ3n) is 6.57. The highest BCUT2D eigenvalue weighted by molar-refractivity contribution is 5.80. The minimum Gasteiger partial charge on any atom is -0.497 e. The quantitative estimate of drug-likeness (QED) is 0.294. The lowest BCUT2D eigenvalue weighted by atomic mass is 10.0. The van der Waals surface area contributed by atoms with Crippen LogP contribution in [0, 0.1) is 0 Å². The van der Waals surface area contributed by atoms with Crippen LogP contribution < -0.4 is 15.0 Å². The van der Waals surface area contributed by atoms with Crippen LogP contribution in [0.1, 0.15) is 49.5 Å². The maximum atomic E-state index is 13.7. The number of hydrogen-bond acceptors (Lipinski definition) is 8. The number of H-pyrrole nitrogens is 1. The van der Waals surface area contributed by atoms with Gasteiger partial charge in [-0.25, -0.2) is 4.68 Å². The molecule has 10 nitrogen and oxygen atoms in total. The normalized spacial score (nSPS) is 12.7. The van der Waals surface area contributed by atoms with Gasteiger partial charge in [-0.3, -0.25) is 9.69 Å². The summed E-state index contributed by atoms with van der Waals surface area (Å²) in [6, 6.07) is 18.5. The Labute approximate surface area is 226 Å². The van der Waals surface area contributed by atoms with Gasteiger partial charge < -0.3 is 18.9 Å². The molecule has 0 aliphatic rings. The zero-order valence-corrected chi connectivity index (χ0v) is 22.7. The number of furan rings is 1. The Balaban J connectivity index is 1.73. The molecule has 0 saturated carbocycles. The van der Waals surface area contributed by atoms with Crippen LogP contribution >= 0.6 is 0 Å². The average molecular weight is 529 g/mol. The lowest BCUT2D eigenvalue weighted by Crippen LogP contribution is -2.37. The number of pyridine rings is 1. The molecule has 1 N–H and O–H groups in total. The van der Waals surface area contributed by atoms with Crippen molar-refractivity contribution in [2.45, 2.75) is 45.4 Å². The number of hydrogen-bond donors (Lipinski definition) is 1. The van der Waals surface area contributed by atoms with Crippen molar-refractivity contribution >= 4 is 10.9 Å². The number of methoxy groups -OCH3 is 2. The molecule has 2 aromatic carbocycles. The molecule has 0 fully saturated rings. The zero-order chi connectivity index (χ0) is 27.6. The largest absolute Gasteiger partial charge is 0.497 e. The first-order valence-electron chi connectivity index (χ1n) is 12.7. The molecule has 0 bridgehead atoms. The molecule has 10 heteroatoms. The van der Waals surface area contributed by atoms with E-state index in [1.54, 1.807) is 25.2 Å². The fourth-order valence-corrected chi connectivity index (χ4v) is 4.72. The van der Waals surface area contributed by atoms with Gasteiger partial charge >= 0.3 is 0 Å². The molecule has 1 atom stereocenters. The van der Waals surface area contributed by atoms with Crippen LogP contribution in [-0.2, 0) is 18.6 Å². The van der Waals surface area contributed by atoms with Gasteiger partial charge in [-0.1, -0.05) is 12.1 Å². The number of nitrogens with zero attached hydrogens (tertiary/aromatic N) is 5. The van der Waals surface area contributed by atoms with Crippen molar-refractivity contribution in [3.8, 4) is 11.5 Å². The van der Waals surface area contributed by atoms with Gasteiger partial charge in [0, 0.05) is 23.0 Å². The van der Waals surface area contributed by atoms with Crippen LogP contribution in [0.25, 0.3) is 10.9 Å². The smallest absolute Gasteiger partial charge is 0.253 e. The van der Waals surface area contributed by atoms with E-state index in [-0.39, 0.29) is 5.56 Å². The van der Waals surface area contributed by atoms with E-state index in [1.165, 1.54) is 0 Å². The van der Waals surface area contributed by atoms with E-state index in [2.05, 4.69) is 25.4 Å². The second-order valence-corrected chi connectivity index (χ2v) is 10.4. The summed E-state index contributed by atoms with van der Waals surface area (Å²) in [4.78, 5) is 18.9. The molecule has 0 amide bonds. The molecule has 202 valence electrons. The van der Waals surface area contributed by atoms with E-state index in [1.807, 2.05) is 81.4 Å². The minimum absolute atomic E-state index is 0.226. The van der Waals surface area contributed by atoms with Gasteiger partial charge in [-0.05, 0) is 85.3 Å². The zero-order valence-electron chi connectivity index (χ0n) is 22.7. The maximum absolute atomic E-state index is 13.7. The Hall–Kier alpha value is -4.44. The minimum atomic E-state index is -0.616. The fourth-order valence-electron chi connectivity index (χ4n) is 4.72. The number of benzene rings is 2. The fraction of sp³-hybridized carbons (Fsp3) is 0.310. The Kier molecular flexibility index (Phi) is 7.21. The first-order valence-corrected chi connectivity index (χ1v) is 12.7. The highest BCUT2D eigenvalue weighted by Gasteiger charge is 2.34. The van der Waals surface area contributed by atoms with E-state index < -0.39 is 11.6 Å². The molecule has 3 aromatic heterocycles. The van der Waals surface area contributed by atoms with E-state index in [4.69, 9.17) is 13.9 Å². The van der Waals surface area contributed by atoms with Crippen molar-refractivity contribution in [1.29, 1.82) is 0 Å². The molecule has 0 aliphatic heterocycles. The SMILES string of the molecule is COc1cccc(CN(Cc2ccco2)[C@H](c2cc3cc(OC)ccc3[nH]c2=O)c2nnnn2C(C)(C)C)c1. The van der Waals surface area contributed by atoms with E-state index in [9.17, 15) is 4.79 Å². The van der Waals surface area contributed by atoms with Gasteiger partial charge in [0.05, 0.1) is 32.6 Å². The Morgan fingerprint density at radius 3 is 2.51 bits per heavy atom. The topological polar surface area (TPSA) is 111 Å². The third kappa shape index (κ3) is 5.56. The van der Waals surface area contributed by atoms with Gasteiger partial charge in [0.25, 0.3) is 5.56 Å². The second kappa shape index (κ2) is 10.7. The first-order chi connectivity index (χ1) is 18.8. The summed E-state index contributed by atoms with van der Waals surface area (Å²) in [5.41, 5.74) is 1.56. The Bertz CT molecular complexity index is 1620. The molecule has 0 radical (unpaired) electrons. The molecule has 5 rings (SSSR count). The van der Waals surface area contributed by atoms with E-state index in [0.717, 1.165) is 22.5 Å². The van der Waals surface area contributed by atoms with Crippen LogP contribution in [0.15, 0.2) is 76.1 Å². The molecule has 0 aliphatic carbocycles. The molecule has 0 unspecified atom stereocenters. The summed E-state index contributed by atoms with van der Waals surface area (Å²) in [6.45, 7) is 6.95. The number of rotatable bonds is 9. The second-order valence-electron chi connectivity index (χ2n) is 10.4. The van der Waals surface area contributed by atoms with Gasteiger partial charge in [0.15, 0.2) is 5.82 Å². The highest BCUT2D eigenvalue weighted by Crippen LogP contribution is 2.33. The Morgan fingerprint density at radius 2 is 1.79 bits per heavy atom. The number of tetrazole rings is 1. The van der Waals surface area contributed by atoms with Crippen molar-refractivity contribution in [3.05, 3.63) is 100.0 Å². The summed E-state index contributed by atoms with van der Waals surface area (Å²) >= 11 is 0. The van der Waals surface area contributed by atoms with Gasteiger partial charge in [-0.2, -0.15) is 0 Å². The highest BCUT2D eigenvalue weighted by atomic mass is 16.5. The predicted octanol–water partition coefficient (Wildman–Crippen LogP) is 4.67. The van der Waals surface area contributed by atoms with Crippen LogP contribution in [0.5, 0.6) is 11.5 Å². The van der Waals surface area contributed by atoms with Crippen molar-refractivity contribution in [3.63, 3.8) is 0 Å². The molecule has 0 spiro atoms. The summed E-state index contributed by atoms with van der Waals surface area (Å²) in [5.74, 6) is 2.74. The number of nitrogens with one attached hydrogen (secondary N) is 1.